The number of carbonyl (C=O) groups excluding carboxylic acids is 1. The largest absolute Gasteiger partial charge is 0.508 e. The monoisotopic (exact) mass is 346 g/mol. The minimum atomic E-state index is -0.656. The van der Waals surface area contributed by atoms with Crippen molar-refractivity contribution in [2.24, 2.45) is 0 Å². The highest BCUT2D eigenvalue weighted by Crippen LogP contribution is 2.44. The summed E-state index contributed by atoms with van der Waals surface area (Å²) in [5.41, 5.74) is 0.784. The fourth-order valence-corrected chi connectivity index (χ4v) is 2.93. The molecular formula is C18H18O7. The zero-order valence-corrected chi connectivity index (χ0v) is 14.0. The Labute approximate surface area is 144 Å². The van der Waals surface area contributed by atoms with Crippen molar-refractivity contribution in [3.8, 4) is 34.5 Å². The van der Waals surface area contributed by atoms with Crippen molar-refractivity contribution in [2.45, 2.75) is 5.92 Å². The van der Waals surface area contributed by atoms with E-state index in [9.17, 15) is 15.0 Å². The summed E-state index contributed by atoms with van der Waals surface area (Å²) in [6, 6.07) is 5.81. The molecule has 2 N–H and O–H groups in total. The van der Waals surface area contributed by atoms with Crippen LogP contribution >= 0.6 is 0 Å². The number of benzene rings is 2. The maximum atomic E-state index is 13.0. The Bertz CT molecular complexity index is 811. The van der Waals surface area contributed by atoms with Crippen LogP contribution in [0.2, 0.25) is 0 Å². The summed E-state index contributed by atoms with van der Waals surface area (Å²) in [4.78, 5) is 13.0. The lowest BCUT2D eigenvalue weighted by atomic mass is 9.88. The minimum Gasteiger partial charge on any atom is -0.508 e. The van der Waals surface area contributed by atoms with Crippen LogP contribution in [0.1, 0.15) is 21.8 Å². The Balaban J connectivity index is 2.07. The van der Waals surface area contributed by atoms with E-state index in [1.807, 2.05) is 0 Å². The third-order valence-electron chi connectivity index (χ3n) is 4.12. The van der Waals surface area contributed by atoms with Crippen molar-refractivity contribution in [3.63, 3.8) is 0 Å². The molecule has 132 valence electrons. The van der Waals surface area contributed by atoms with E-state index in [0.717, 1.165) is 0 Å². The van der Waals surface area contributed by atoms with Gasteiger partial charge in [0.2, 0.25) is 5.75 Å². The molecule has 1 heterocycles. The van der Waals surface area contributed by atoms with Crippen LogP contribution in [0.15, 0.2) is 24.3 Å². The van der Waals surface area contributed by atoms with Crippen molar-refractivity contribution < 1.29 is 34.0 Å². The number of phenols is 2. The number of Topliss-reactive ketones (excluding diaryl/α,β-unsaturated/α-hetero) is 1. The molecule has 0 unspecified atom stereocenters. The molecule has 0 amide bonds. The predicted molar refractivity (Wildman–Crippen MR) is 88.4 cm³/mol. The van der Waals surface area contributed by atoms with E-state index in [1.165, 1.54) is 39.5 Å². The van der Waals surface area contributed by atoms with Crippen LogP contribution in [-0.4, -0.2) is 43.9 Å². The first kappa shape index (κ1) is 16.8. The summed E-state index contributed by atoms with van der Waals surface area (Å²) in [6.45, 7) is 0.0629. The van der Waals surface area contributed by atoms with Crippen molar-refractivity contribution in [1.29, 1.82) is 0 Å². The molecule has 2 aromatic carbocycles. The minimum absolute atomic E-state index is 0.0504. The molecule has 1 aliphatic heterocycles. The van der Waals surface area contributed by atoms with Gasteiger partial charge in [-0.2, -0.15) is 0 Å². The molecule has 0 fully saturated rings. The topological polar surface area (TPSA) is 94.5 Å². The third kappa shape index (κ3) is 2.77. The third-order valence-corrected chi connectivity index (χ3v) is 4.12. The van der Waals surface area contributed by atoms with E-state index >= 15 is 0 Å². The van der Waals surface area contributed by atoms with Crippen LogP contribution < -0.4 is 18.9 Å². The Morgan fingerprint density at radius 3 is 2.36 bits per heavy atom. The number of fused-ring (bicyclic) bond motifs is 1. The highest BCUT2D eigenvalue weighted by atomic mass is 16.5. The number of aromatic hydroxyl groups is 2. The number of methoxy groups -OCH3 is 3. The van der Waals surface area contributed by atoms with Crippen molar-refractivity contribution in [2.75, 3.05) is 27.9 Å². The lowest BCUT2D eigenvalue weighted by Gasteiger charge is -2.26. The van der Waals surface area contributed by atoms with Gasteiger partial charge in [0.05, 0.1) is 27.2 Å². The lowest BCUT2D eigenvalue weighted by Crippen LogP contribution is -2.26. The maximum Gasteiger partial charge on any atom is 0.203 e. The van der Waals surface area contributed by atoms with E-state index in [2.05, 4.69) is 0 Å². The van der Waals surface area contributed by atoms with Crippen LogP contribution in [0.5, 0.6) is 34.5 Å². The van der Waals surface area contributed by atoms with Gasteiger partial charge >= 0.3 is 0 Å². The second-order valence-corrected chi connectivity index (χ2v) is 5.52. The Morgan fingerprint density at radius 2 is 1.72 bits per heavy atom. The van der Waals surface area contributed by atoms with Gasteiger partial charge in [-0.1, -0.05) is 0 Å². The van der Waals surface area contributed by atoms with E-state index in [4.69, 9.17) is 18.9 Å². The van der Waals surface area contributed by atoms with Gasteiger partial charge in [0, 0.05) is 12.1 Å². The van der Waals surface area contributed by atoms with Gasteiger partial charge in [-0.05, 0) is 17.7 Å². The fraction of sp³-hybridized carbons (Fsp3) is 0.278. The van der Waals surface area contributed by atoms with Gasteiger partial charge in [-0.25, -0.2) is 0 Å². The molecule has 7 heteroatoms. The molecule has 3 rings (SSSR count). The fourth-order valence-electron chi connectivity index (χ4n) is 2.93. The van der Waals surface area contributed by atoms with Crippen molar-refractivity contribution >= 4 is 5.78 Å². The van der Waals surface area contributed by atoms with Crippen molar-refractivity contribution in [1.82, 2.24) is 0 Å². The summed E-state index contributed by atoms with van der Waals surface area (Å²) in [7, 11) is 4.27. The number of phenolic OH excluding ortho intramolecular Hbond substituents is 2. The van der Waals surface area contributed by atoms with E-state index in [1.54, 1.807) is 6.07 Å². The predicted octanol–water partition coefficient (Wildman–Crippen LogP) is 2.48. The first-order valence-corrected chi connectivity index (χ1v) is 7.53. The number of rotatable bonds is 4. The number of ketones is 1. The van der Waals surface area contributed by atoms with Gasteiger partial charge in [0.15, 0.2) is 17.3 Å². The molecule has 1 aliphatic rings. The molecular weight excluding hydrogens is 328 g/mol. The molecule has 0 radical (unpaired) electrons. The summed E-state index contributed by atoms with van der Waals surface area (Å²) in [5.74, 6) is -0.0654. The zero-order valence-electron chi connectivity index (χ0n) is 14.0. The zero-order chi connectivity index (χ0) is 18.1. The van der Waals surface area contributed by atoms with Crippen LogP contribution in [0.3, 0.4) is 0 Å². The van der Waals surface area contributed by atoms with Gasteiger partial charge in [-0.3, -0.25) is 4.79 Å². The van der Waals surface area contributed by atoms with Gasteiger partial charge in [-0.15, -0.1) is 0 Å². The van der Waals surface area contributed by atoms with Gasteiger partial charge < -0.3 is 29.2 Å². The number of carbonyl (C=O) groups is 1. The molecule has 0 aliphatic carbocycles. The number of hydrogen-bond donors (Lipinski definition) is 2. The normalized spacial score (nSPS) is 16.0. The highest BCUT2D eigenvalue weighted by Gasteiger charge is 2.34. The van der Waals surface area contributed by atoms with Crippen LogP contribution in [-0.2, 0) is 0 Å². The van der Waals surface area contributed by atoms with E-state index in [-0.39, 0.29) is 46.7 Å². The molecule has 0 bridgehead atoms. The molecule has 0 saturated carbocycles. The van der Waals surface area contributed by atoms with Crippen molar-refractivity contribution in [3.05, 3.63) is 35.4 Å². The standard InChI is InChI=1S/C18H18O7/c1-22-13-6-10(19)7-14-16(13)17(21)11(8-25-14)9-4-12(20)18(24-3)15(5-9)23-2/h4-7,11,19-20H,8H2,1-3H3/t11-/m1/s1. The molecule has 2 aromatic rings. The van der Waals surface area contributed by atoms with Crippen LogP contribution in [0.25, 0.3) is 0 Å². The second-order valence-electron chi connectivity index (χ2n) is 5.52. The Hall–Kier alpha value is -3.09. The maximum absolute atomic E-state index is 13.0. The molecule has 0 saturated heterocycles. The van der Waals surface area contributed by atoms with Crippen LogP contribution in [0, 0.1) is 0 Å². The highest BCUT2D eigenvalue weighted by molar-refractivity contribution is 6.06. The molecule has 7 nitrogen and oxygen atoms in total. The summed E-state index contributed by atoms with van der Waals surface area (Å²) < 4.78 is 21.2. The van der Waals surface area contributed by atoms with E-state index < -0.39 is 5.92 Å². The first-order chi connectivity index (χ1) is 12.0. The van der Waals surface area contributed by atoms with Gasteiger partial charge in [0.25, 0.3) is 0 Å². The summed E-state index contributed by atoms with van der Waals surface area (Å²) >= 11 is 0. The molecule has 0 spiro atoms. The SMILES string of the molecule is COc1cc([C@H]2COc3cc(O)cc(OC)c3C2=O)cc(O)c1OC. The smallest absolute Gasteiger partial charge is 0.203 e. The average Bonchev–Trinajstić information content (AvgIpc) is 2.60. The Morgan fingerprint density at radius 1 is 1.00 bits per heavy atom. The molecule has 1 atom stereocenters. The Kier molecular flexibility index (Phi) is 4.31. The first-order valence-electron chi connectivity index (χ1n) is 7.53. The van der Waals surface area contributed by atoms with E-state index in [0.29, 0.717) is 11.3 Å². The summed E-state index contributed by atoms with van der Waals surface area (Å²) in [6.07, 6.45) is 0. The quantitative estimate of drug-likeness (QED) is 0.878. The lowest BCUT2D eigenvalue weighted by molar-refractivity contribution is 0.0891. The molecule has 25 heavy (non-hydrogen) atoms. The van der Waals surface area contributed by atoms with Gasteiger partial charge in [0.1, 0.15) is 29.4 Å². The summed E-state index contributed by atoms with van der Waals surface area (Å²) in [5, 5.41) is 19.8. The second kappa shape index (κ2) is 6.43. The van der Waals surface area contributed by atoms with Crippen LogP contribution in [0.4, 0.5) is 0 Å². The molecule has 0 aromatic heterocycles. The number of ether oxygens (including phenoxy) is 4. The number of hydrogen-bond acceptors (Lipinski definition) is 7. The average molecular weight is 346 g/mol.